The number of rotatable bonds is 2. The quantitative estimate of drug-likeness (QED) is 0.814. The molecule has 1 heterocycles. The van der Waals surface area contributed by atoms with Crippen LogP contribution in [0.25, 0.3) is 0 Å². The second-order valence-electron chi connectivity index (χ2n) is 5.78. The van der Waals surface area contributed by atoms with Crippen molar-refractivity contribution in [1.82, 2.24) is 0 Å². The van der Waals surface area contributed by atoms with Gasteiger partial charge in [0.25, 0.3) is 0 Å². The van der Waals surface area contributed by atoms with Crippen LogP contribution in [0.2, 0.25) is 0 Å². The predicted molar refractivity (Wildman–Crippen MR) is 69.8 cm³/mol. The van der Waals surface area contributed by atoms with Gasteiger partial charge in [-0.3, -0.25) is 0 Å². The largest absolute Gasteiger partial charge is 0.388 e. The topological polar surface area (TPSA) is 20.2 Å². The number of hydrogen-bond donors (Lipinski definition) is 1. The lowest BCUT2D eigenvalue weighted by Gasteiger charge is -2.41. The van der Waals surface area contributed by atoms with E-state index in [4.69, 9.17) is 0 Å². The highest BCUT2D eigenvalue weighted by Crippen LogP contribution is 2.47. The van der Waals surface area contributed by atoms with Crippen LogP contribution in [0.4, 0.5) is 0 Å². The first-order valence-electron chi connectivity index (χ1n) is 6.24. The van der Waals surface area contributed by atoms with E-state index in [0.29, 0.717) is 5.92 Å². The van der Waals surface area contributed by atoms with Crippen LogP contribution in [0.5, 0.6) is 0 Å². The van der Waals surface area contributed by atoms with E-state index in [0.717, 1.165) is 5.56 Å². The summed E-state index contributed by atoms with van der Waals surface area (Å²) in [4.78, 5) is 1.29. The van der Waals surface area contributed by atoms with Gasteiger partial charge in [-0.2, -0.15) is 0 Å². The van der Waals surface area contributed by atoms with Crippen LogP contribution in [-0.4, -0.2) is 5.11 Å². The number of aliphatic hydroxyl groups is 1. The Morgan fingerprint density at radius 3 is 2.75 bits per heavy atom. The maximum atomic E-state index is 10.5. The molecule has 1 aliphatic rings. The Balaban J connectivity index is 2.17. The standard InChI is InChI=1S/C14H22OS/c1-10-8-11(9-16-10)13(15)12-6-4-5-7-14(12,2)3/h8-9,12-13,15H,4-7H2,1-3H3. The van der Waals surface area contributed by atoms with Crippen LogP contribution in [0.3, 0.4) is 0 Å². The molecule has 2 unspecified atom stereocenters. The van der Waals surface area contributed by atoms with Crippen molar-refractivity contribution in [2.45, 2.75) is 52.6 Å². The molecule has 0 saturated heterocycles. The molecule has 2 heteroatoms. The highest BCUT2D eigenvalue weighted by Gasteiger charge is 2.37. The van der Waals surface area contributed by atoms with E-state index in [-0.39, 0.29) is 11.5 Å². The molecular weight excluding hydrogens is 216 g/mol. The molecule has 0 aromatic carbocycles. The molecule has 0 spiro atoms. The lowest BCUT2D eigenvalue weighted by atomic mass is 9.66. The van der Waals surface area contributed by atoms with E-state index >= 15 is 0 Å². The first-order chi connectivity index (χ1) is 7.50. The number of hydrogen-bond acceptors (Lipinski definition) is 2. The van der Waals surface area contributed by atoms with Crippen molar-refractivity contribution < 1.29 is 5.11 Å². The molecule has 16 heavy (non-hydrogen) atoms. The Morgan fingerprint density at radius 1 is 1.44 bits per heavy atom. The van der Waals surface area contributed by atoms with Gasteiger partial charge >= 0.3 is 0 Å². The average Bonchev–Trinajstić information content (AvgIpc) is 2.63. The van der Waals surface area contributed by atoms with Crippen molar-refractivity contribution >= 4 is 11.3 Å². The molecule has 1 saturated carbocycles. The molecule has 0 bridgehead atoms. The Morgan fingerprint density at radius 2 is 2.19 bits per heavy atom. The summed E-state index contributed by atoms with van der Waals surface area (Å²) in [5, 5.41) is 12.6. The average molecular weight is 238 g/mol. The van der Waals surface area contributed by atoms with Crippen LogP contribution in [0.15, 0.2) is 11.4 Å². The molecule has 1 aromatic heterocycles. The predicted octanol–water partition coefficient (Wildman–Crippen LogP) is 4.31. The molecule has 2 rings (SSSR count). The minimum Gasteiger partial charge on any atom is -0.388 e. The summed E-state index contributed by atoms with van der Waals surface area (Å²) in [5.41, 5.74) is 1.41. The molecule has 1 aliphatic carbocycles. The molecule has 1 fully saturated rings. The summed E-state index contributed by atoms with van der Waals surface area (Å²) in [6, 6.07) is 2.14. The van der Waals surface area contributed by atoms with E-state index in [2.05, 4.69) is 32.2 Å². The zero-order chi connectivity index (χ0) is 11.8. The van der Waals surface area contributed by atoms with Crippen LogP contribution < -0.4 is 0 Å². The van der Waals surface area contributed by atoms with Crippen LogP contribution in [0.1, 0.15) is 56.1 Å². The first kappa shape index (κ1) is 12.1. The van der Waals surface area contributed by atoms with Crippen molar-refractivity contribution in [3.63, 3.8) is 0 Å². The van der Waals surface area contributed by atoms with Gasteiger partial charge in [-0.25, -0.2) is 0 Å². The Kier molecular flexibility index (Phi) is 3.41. The number of aliphatic hydroxyl groups excluding tert-OH is 1. The SMILES string of the molecule is Cc1cc(C(O)C2CCCCC2(C)C)cs1. The fourth-order valence-corrected chi connectivity index (χ4v) is 3.69. The highest BCUT2D eigenvalue weighted by atomic mass is 32.1. The molecule has 2 atom stereocenters. The fourth-order valence-electron chi connectivity index (χ4n) is 2.96. The summed E-state index contributed by atoms with van der Waals surface area (Å²) in [6.45, 7) is 6.71. The van der Waals surface area contributed by atoms with Gasteiger partial charge in [0, 0.05) is 4.88 Å². The Bertz CT molecular complexity index is 353. The second-order valence-corrected chi connectivity index (χ2v) is 6.89. The first-order valence-corrected chi connectivity index (χ1v) is 7.12. The van der Waals surface area contributed by atoms with Crippen molar-refractivity contribution in [2.75, 3.05) is 0 Å². The molecule has 90 valence electrons. The molecule has 0 radical (unpaired) electrons. The minimum absolute atomic E-state index is 0.264. The molecule has 1 nitrogen and oxygen atoms in total. The van der Waals surface area contributed by atoms with E-state index in [1.807, 2.05) is 0 Å². The lowest BCUT2D eigenvalue weighted by molar-refractivity contribution is 0.00407. The van der Waals surface area contributed by atoms with Crippen molar-refractivity contribution in [3.8, 4) is 0 Å². The number of thiophene rings is 1. The van der Waals surface area contributed by atoms with E-state index in [1.54, 1.807) is 11.3 Å². The maximum Gasteiger partial charge on any atom is 0.0831 e. The van der Waals surface area contributed by atoms with Gasteiger partial charge in [0.2, 0.25) is 0 Å². The van der Waals surface area contributed by atoms with Crippen molar-refractivity contribution in [3.05, 3.63) is 21.9 Å². The normalized spacial score (nSPS) is 26.6. The zero-order valence-electron chi connectivity index (χ0n) is 10.5. The third-order valence-corrected chi connectivity index (χ3v) is 4.94. The van der Waals surface area contributed by atoms with Crippen LogP contribution >= 0.6 is 11.3 Å². The van der Waals surface area contributed by atoms with Crippen molar-refractivity contribution in [2.24, 2.45) is 11.3 Å². The minimum atomic E-state index is -0.264. The second kappa shape index (κ2) is 4.50. The van der Waals surface area contributed by atoms with Gasteiger partial charge in [0.1, 0.15) is 0 Å². The summed E-state index contributed by atoms with van der Waals surface area (Å²) in [6.07, 6.45) is 4.74. The summed E-state index contributed by atoms with van der Waals surface area (Å²) >= 11 is 1.74. The Hall–Kier alpha value is -0.340. The third-order valence-electron chi connectivity index (χ3n) is 4.06. The third kappa shape index (κ3) is 2.33. The molecule has 1 aromatic rings. The molecular formula is C14H22OS. The van der Waals surface area contributed by atoms with Gasteiger partial charge in [0.05, 0.1) is 6.10 Å². The van der Waals surface area contributed by atoms with Crippen LogP contribution in [0, 0.1) is 18.3 Å². The van der Waals surface area contributed by atoms with Gasteiger partial charge in [-0.1, -0.05) is 26.7 Å². The van der Waals surface area contributed by atoms with Crippen molar-refractivity contribution in [1.29, 1.82) is 0 Å². The smallest absolute Gasteiger partial charge is 0.0831 e. The maximum absolute atomic E-state index is 10.5. The van der Waals surface area contributed by atoms with Gasteiger partial charge in [-0.15, -0.1) is 11.3 Å². The van der Waals surface area contributed by atoms with Crippen LogP contribution in [-0.2, 0) is 0 Å². The fraction of sp³-hybridized carbons (Fsp3) is 0.714. The molecule has 0 amide bonds. The highest BCUT2D eigenvalue weighted by molar-refractivity contribution is 7.10. The van der Waals surface area contributed by atoms with E-state index < -0.39 is 0 Å². The monoisotopic (exact) mass is 238 g/mol. The van der Waals surface area contributed by atoms with Gasteiger partial charge < -0.3 is 5.11 Å². The zero-order valence-corrected chi connectivity index (χ0v) is 11.3. The summed E-state index contributed by atoms with van der Waals surface area (Å²) in [5.74, 6) is 0.426. The van der Waals surface area contributed by atoms with E-state index in [1.165, 1.54) is 30.6 Å². The molecule has 1 N–H and O–H groups in total. The van der Waals surface area contributed by atoms with Gasteiger partial charge in [-0.05, 0) is 48.1 Å². The van der Waals surface area contributed by atoms with Gasteiger partial charge in [0.15, 0.2) is 0 Å². The summed E-state index contributed by atoms with van der Waals surface area (Å²) in [7, 11) is 0. The molecule has 0 aliphatic heterocycles. The number of aryl methyl sites for hydroxylation is 1. The summed E-state index contributed by atoms with van der Waals surface area (Å²) < 4.78 is 0. The lowest BCUT2D eigenvalue weighted by Crippen LogP contribution is -2.32. The van der Waals surface area contributed by atoms with E-state index in [9.17, 15) is 5.11 Å². The Labute approximate surface area is 103 Å².